The summed E-state index contributed by atoms with van der Waals surface area (Å²) < 4.78 is 10.6. The van der Waals surface area contributed by atoms with Gasteiger partial charge in [0.05, 0.1) is 25.8 Å². The number of benzene rings is 3. The van der Waals surface area contributed by atoms with Crippen molar-refractivity contribution in [2.45, 2.75) is 19.9 Å². The number of ether oxygens (including phenoxy) is 2. The quantitative estimate of drug-likeness (QED) is 0.269. The van der Waals surface area contributed by atoms with Crippen molar-refractivity contribution in [3.63, 3.8) is 0 Å². The largest absolute Gasteiger partial charge is 0.507 e. The molecule has 1 fully saturated rings. The predicted octanol–water partition coefficient (Wildman–Crippen LogP) is 5.18. The van der Waals surface area contributed by atoms with Crippen LogP contribution in [0.3, 0.4) is 0 Å². The number of Topliss-reactive ketones (excluding diaryl/α,β-unsaturated/α-hetero) is 1. The van der Waals surface area contributed by atoms with Gasteiger partial charge in [-0.05, 0) is 67.9 Å². The number of anilines is 2. The number of aliphatic hydroxyl groups excluding tert-OH is 1. The Morgan fingerprint density at radius 1 is 0.889 bits per heavy atom. The van der Waals surface area contributed by atoms with Crippen LogP contribution in [0, 0.1) is 0 Å². The molecule has 1 saturated heterocycles. The minimum atomic E-state index is -0.815. The zero-order valence-electron chi connectivity index (χ0n) is 20.9. The van der Waals surface area contributed by atoms with Gasteiger partial charge < -0.3 is 19.5 Å². The molecule has 186 valence electrons. The van der Waals surface area contributed by atoms with Gasteiger partial charge in [0.1, 0.15) is 17.3 Å². The Bertz CT molecular complexity index is 1280. The molecule has 0 aliphatic carbocycles. The summed E-state index contributed by atoms with van der Waals surface area (Å²) in [6.07, 6.45) is 0. The van der Waals surface area contributed by atoms with Crippen molar-refractivity contribution in [1.29, 1.82) is 0 Å². The number of hydrogen-bond acceptors (Lipinski definition) is 6. The zero-order valence-corrected chi connectivity index (χ0v) is 20.9. The summed E-state index contributed by atoms with van der Waals surface area (Å²) in [6, 6.07) is 20.6. The van der Waals surface area contributed by atoms with Crippen molar-refractivity contribution in [2.24, 2.45) is 0 Å². The molecular formula is C29H30N2O5. The molecule has 36 heavy (non-hydrogen) atoms. The molecule has 1 unspecified atom stereocenters. The van der Waals surface area contributed by atoms with Crippen LogP contribution in [-0.4, -0.2) is 44.1 Å². The number of carbonyl (C=O) groups is 2. The first kappa shape index (κ1) is 24.9. The van der Waals surface area contributed by atoms with Gasteiger partial charge in [-0.1, -0.05) is 18.2 Å². The van der Waals surface area contributed by atoms with Gasteiger partial charge >= 0.3 is 0 Å². The molecule has 0 aromatic heterocycles. The van der Waals surface area contributed by atoms with E-state index >= 15 is 0 Å². The number of carbonyl (C=O) groups excluding carboxylic acids is 2. The number of nitrogens with zero attached hydrogens (tertiary/aromatic N) is 2. The maximum Gasteiger partial charge on any atom is 0.300 e. The third-order valence-electron chi connectivity index (χ3n) is 6.48. The smallest absolute Gasteiger partial charge is 0.300 e. The van der Waals surface area contributed by atoms with Crippen molar-refractivity contribution in [1.82, 2.24) is 0 Å². The number of amides is 1. The lowest BCUT2D eigenvalue weighted by Gasteiger charge is -2.27. The van der Waals surface area contributed by atoms with E-state index in [2.05, 4.69) is 18.7 Å². The summed E-state index contributed by atoms with van der Waals surface area (Å²) >= 11 is 0. The van der Waals surface area contributed by atoms with Crippen LogP contribution in [0.2, 0.25) is 0 Å². The normalized spacial score (nSPS) is 16.8. The maximum absolute atomic E-state index is 13.4. The standard InChI is InChI=1S/C29H30N2O5/c1-5-30(6-2)21-14-10-19(11-15-21)26-25(27(32)20-12-16-23(35-3)17-13-20)28(33)29(34)31(26)22-8-7-9-24(18-22)36-4/h7-18,26,32H,5-6H2,1-4H3/b27-25+. The molecule has 1 N–H and O–H groups in total. The van der Waals surface area contributed by atoms with Crippen LogP contribution in [0.25, 0.3) is 5.76 Å². The molecular weight excluding hydrogens is 456 g/mol. The second-order valence-electron chi connectivity index (χ2n) is 8.36. The van der Waals surface area contributed by atoms with Crippen LogP contribution in [0.4, 0.5) is 11.4 Å². The third kappa shape index (κ3) is 4.52. The number of methoxy groups -OCH3 is 2. The lowest BCUT2D eigenvalue weighted by Crippen LogP contribution is -2.29. The molecule has 3 aromatic carbocycles. The molecule has 0 radical (unpaired) electrons. The van der Waals surface area contributed by atoms with Gasteiger partial charge in [-0.25, -0.2) is 0 Å². The molecule has 1 amide bonds. The van der Waals surface area contributed by atoms with Gasteiger partial charge in [-0.3, -0.25) is 14.5 Å². The molecule has 7 heteroatoms. The van der Waals surface area contributed by atoms with Crippen LogP contribution in [0.15, 0.2) is 78.4 Å². The topological polar surface area (TPSA) is 79.3 Å². The van der Waals surface area contributed by atoms with E-state index in [0.717, 1.165) is 18.8 Å². The summed E-state index contributed by atoms with van der Waals surface area (Å²) in [5.74, 6) is -0.522. The molecule has 3 aromatic rings. The number of rotatable bonds is 8. The Labute approximate surface area is 211 Å². The summed E-state index contributed by atoms with van der Waals surface area (Å²) in [4.78, 5) is 30.4. The molecule has 0 saturated carbocycles. The molecule has 1 heterocycles. The zero-order chi connectivity index (χ0) is 25.8. The van der Waals surface area contributed by atoms with Crippen molar-refractivity contribution >= 4 is 28.8 Å². The fraction of sp³-hybridized carbons (Fsp3) is 0.241. The SMILES string of the molecule is CCN(CC)c1ccc(C2/C(=C(\O)c3ccc(OC)cc3)C(=O)C(=O)N2c2cccc(OC)c2)cc1. The van der Waals surface area contributed by atoms with Crippen LogP contribution in [0.5, 0.6) is 11.5 Å². The van der Waals surface area contributed by atoms with Crippen LogP contribution >= 0.6 is 0 Å². The third-order valence-corrected chi connectivity index (χ3v) is 6.48. The van der Waals surface area contributed by atoms with Gasteiger partial charge in [0.15, 0.2) is 0 Å². The monoisotopic (exact) mass is 486 g/mol. The molecule has 1 atom stereocenters. The van der Waals surface area contributed by atoms with E-state index in [1.165, 1.54) is 4.90 Å². The van der Waals surface area contributed by atoms with E-state index in [1.807, 2.05) is 24.3 Å². The van der Waals surface area contributed by atoms with Gasteiger partial charge in [0, 0.05) is 36.1 Å². The Hall–Kier alpha value is -4.26. The number of ketones is 1. The van der Waals surface area contributed by atoms with Gasteiger partial charge in [-0.2, -0.15) is 0 Å². The van der Waals surface area contributed by atoms with Crippen molar-refractivity contribution in [3.8, 4) is 11.5 Å². The lowest BCUT2D eigenvalue weighted by atomic mass is 9.94. The second-order valence-corrected chi connectivity index (χ2v) is 8.36. The molecule has 0 spiro atoms. The van der Waals surface area contributed by atoms with E-state index in [9.17, 15) is 14.7 Å². The Balaban J connectivity index is 1.89. The van der Waals surface area contributed by atoms with Crippen LogP contribution < -0.4 is 19.3 Å². The first-order valence-electron chi connectivity index (χ1n) is 11.9. The summed E-state index contributed by atoms with van der Waals surface area (Å²) in [7, 11) is 3.09. The van der Waals surface area contributed by atoms with E-state index in [0.29, 0.717) is 28.3 Å². The van der Waals surface area contributed by atoms with Crippen molar-refractivity contribution in [2.75, 3.05) is 37.1 Å². The highest BCUT2D eigenvalue weighted by Gasteiger charge is 2.47. The van der Waals surface area contributed by atoms with Gasteiger partial charge in [-0.15, -0.1) is 0 Å². The molecule has 4 rings (SSSR count). The Kier molecular flexibility index (Phi) is 7.29. The molecule has 1 aliphatic heterocycles. The average Bonchev–Trinajstić information content (AvgIpc) is 3.19. The highest BCUT2D eigenvalue weighted by atomic mass is 16.5. The first-order valence-corrected chi connectivity index (χ1v) is 11.9. The lowest BCUT2D eigenvalue weighted by molar-refractivity contribution is -0.132. The molecule has 0 bridgehead atoms. The highest BCUT2D eigenvalue weighted by molar-refractivity contribution is 6.51. The maximum atomic E-state index is 13.4. The minimum Gasteiger partial charge on any atom is -0.507 e. The summed E-state index contributed by atoms with van der Waals surface area (Å²) in [6.45, 7) is 5.89. The summed E-state index contributed by atoms with van der Waals surface area (Å²) in [5.41, 5.74) is 2.70. The fourth-order valence-corrected chi connectivity index (χ4v) is 4.54. The van der Waals surface area contributed by atoms with Crippen LogP contribution in [0.1, 0.15) is 31.0 Å². The minimum absolute atomic E-state index is 0.0311. The second kappa shape index (κ2) is 10.6. The molecule has 7 nitrogen and oxygen atoms in total. The number of hydrogen-bond donors (Lipinski definition) is 1. The van der Waals surface area contributed by atoms with Crippen molar-refractivity contribution in [3.05, 3.63) is 89.5 Å². The average molecular weight is 487 g/mol. The van der Waals surface area contributed by atoms with Gasteiger partial charge in [0.2, 0.25) is 0 Å². The number of aliphatic hydroxyl groups is 1. The van der Waals surface area contributed by atoms with E-state index in [4.69, 9.17) is 9.47 Å². The van der Waals surface area contributed by atoms with Crippen molar-refractivity contribution < 1.29 is 24.2 Å². The van der Waals surface area contributed by atoms with E-state index in [1.54, 1.807) is 62.8 Å². The van der Waals surface area contributed by atoms with E-state index in [-0.39, 0.29) is 11.3 Å². The molecule has 1 aliphatic rings. The highest BCUT2D eigenvalue weighted by Crippen LogP contribution is 2.43. The first-order chi connectivity index (χ1) is 17.4. The summed E-state index contributed by atoms with van der Waals surface area (Å²) in [5, 5.41) is 11.3. The predicted molar refractivity (Wildman–Crippen MR) is 141 cm³/mol. The van der Waals surface area contributed by atoms with Crippen LogP contribution in [-0.2, 0) is 9.59 Å². The Morgan fingerprint density at radius 2 is 1.53 bits per heavy atom. The van der Waals surface area contributed by atoms with Gasteiger partial charge in [0.25, 0.3) is 11.7 Å². The fourth-order valence-electron chi connectivity index (χ4n) is 4.54. The van der Waals surface area contributed by atoms with E-state index < -0.39 is 17.7 Å². The Morgan fingerprint density at radius 3 is 2.11 bits per heavy atom.